The lowest BCUT2D eigenvalue weighted by Gasteiger charge is -2.13. The molecule has 1 atom stereocenters. The van der Waals surface area contributed by atoms with Crippen molar-refractivity contribution >= 4 is 37.3 Å². The number of hydrogen-bond acceptors (Lipinski definition) is 5. The molecule has 0 spiro atoms. The van der Waals surface area contributed by atoms with Crippen molar-refractivity contribution in [2.24, 2.45) is 0 Å². The minimum atomic E-state index is -3.64. The van der Waals surface area contributed by atoms with E-state index in [1.165, 1.54) is 24.3 Å². The minimum absolute atomic E-state index is 0.0382. The van der Waals surface area contributed by atoms with Crippen LogP contribution in [0.5, 0.6) is 0 Å². The van der Waals surface area contributed by atoms with Crippen molar-refractivity contribution in [3.8, 4) is 0 Å². The Morgan fingerprint density at radius 1 is 1.00 bits per heavy atom. The van der Waals surface area contributed by atoms with E-state index in [0.717, 1.165) is 0 Å². The number of rotatable bonds is 9. The second kappa shape index (κ2) is 9.59. The van der Waals surface area contributed by atoms with E-state index in [4.69, 9.17) is 0 Å². The molecular formula is C20H27N3O5S2. The molecule has 1 unspecified atom stereocenters. The maximum Gasteiger partial charge on any atom is 0.255 e. The Balaban J connectivity index is 2.12. The molecule has 0 aliphatic carbocycles. The van der Waals surface area contributed by atoms with Crippen LogP contribution in [0.25, 0.3) is 0 Å². The van der Waals surface area contributed by atoms with E-state index in [0.29, 0.717) is 28.9 Å². The lowest BCUT2D eigenvalue weighted by atomic mass is 10.1. The summed E-state index contributed by atoms with van der Waals surface area (Å²) < 4.78 is 53.1. The van der Waals surface area contributed by atoms with Gasteiger partial charge in [-0.2, -0.15) is 0 Å². The van der Waals surface area contributed by atoms with E-state index in [1.807, 2.05) is 6.92 Å². The molecule has 0 heterocycles. The Morgan fingerprint density at radius 2 is 1.63 bits per heavy atom. The van der Waals surface area contributed by atoms with Gasteiger partial charge in [-0.25, -0.2) is 21.6 Å². The van der Waals surface area contributed by atoms with Gasteiger partial charge in [-0.3, -0.25) is 9.52 Å². The number of aryl methyl sites for hydroxylation is 1. The zero-order valence-corrected chi connectivity index (χ0v) is 19.0. The van der Waals surface area contributed by atoms with Gasteiger partial charge in [-0.15, -0.1) is 0 Å². The quantitative estimate of drug-likeness (QED) is 0.539. The van der Waals surface area contributed by atoms with Gasteiger partial charge in [0.05, 0.1) is 16.3 Å². The Hall–Kier alpha value is -2.43. The van der Waals surface area contributed by atoms with Crippen molar-refractivity contribution in [1.29, 1.82) is 0 Å². The van der Waals surface area contributed by atoms with Crippen LogP contribution in [0.3, 0.4) is 0 Å². The highest BCUT2D eigenvalue weighted by Crippen LogP contribution is 2.21. The third-order valence-corrected chi connectivity index (χ3v) is 7.42. The molecule has 0 radical (unpaired) electrons. The predicted octanol–water partition coefficient (Wildman–Crippen LogP) is 3.09. The van der Waals surface area contributed by atoms with Crippen LogP contribution in [0.2, 0.25) is 0 Å². The number of benzene rings is 2. The number of amides is 1. The Morgan fingerprint density at radius 3 is 2.17 bits per heavy atom. The summed E-state index contributed by atoms with van der Waals surface area (Å²) in [7, 11) is -7.03. The van der Waals surface area contributed by atoms with Gasteiger partial charge in [0.1, 0.15) is 0 Å². The van der Waals surface area contributed by atoms with Crippen LogP contribution in [-0.2, 0) is 20.0 Å². The molecule has 2 aromatic carbocycles. The van der Waals surface area contributed by atoms with Crippen molar-refractivity contribution in [2.75, 3.05) is 15.8 Å². The topological polar surface area (TPSA) is 121 Å². The first-order valence-corrected chi connectivity index (χ1v) is 12.7. The fourth-order valence-electron chi connectivity index (χ4n) is 2.50. The first-order valence-electron chi connectivity index (χ1n) is 9.52. The normalized spacial score (nSPS) is 12.9. The number of hydrogen-bond donors (Lipinski definition) is 3. The summed E-state index contributed by atoms with van der Waals surface area (Å²) in [5.74, 6) is -0.445. The SMILES string of the molecule is CCC(C)NS(=O)(=O)c1ccc(C(=O)Nc2ccc(NS(=O)(=O)CC)c(C)c2)cc1. The molecule has 0 aliphatic rings. The van der Waals surface area contributed by atoms with Crippen LogP contribution in [0.1, 0.15) is 43.1 Å². The van der Waals surface area contributed by atoms with E-state index >= 15 is 0 Å². The second-order valence-electron chi connectivity index (χ2n) is 6.94. The lowest BCUT2D eigenvalue weighted by Crippen LogP contribution is -2.32. The molecule has 8 nitrogen and oxygen atoms in total. The monoisotopic (exact) mass is 453 g/mol. The summed E-state index contributed by atoms with van der Waals surface area (Å²) in [4.78, 5) is 12.6. The zero-order valence-electron chi connectivity index (χ0n) is 17.4. The van der Waals surface area contributed by atoms with Gasteiger partial charge in [-0.05, 0) is 75.2 Å². The number of anilines is 2. The zero-order chi connectivity index (χ0) is 22.5. The largest absolute Gasteiger partial charge is 0.322 e. The first-order chi connectivity index (χ1) is 14.0. The number of nitrogens with one attached hydrogen (secondary N) is 3. The fourth-order valence-corrected chi connectivity index (χ4v) is 4.54. The van der Waals surface area contributed by atoms with E-state index < -0.39 is 26.0 Å². The van der Waals surface area contributed by atoms with Crippen molar-refractivity contribution < 1.29 is 21.6 Å². The molecule has 0 saturated carbocycles. The summed E-state index contributed by atoms with van der Waals surface area (Å²) in [5, 5.41) is 2.72. The van der Waals surface area contributed by atoms with Crippen molar-refractivity contribution in [3.05, 3.63) is 53.6 Å². The van der Waals surface area contributed by atoms with Gasteiger partial charge < -0.3 is 5.32 Å². The number of carbonyl (C=O) groups excluding carboxylic acids is 1. The maximum atomic E-state index is 12.5. The highest BCUT2D eigenvalue weighted by molar-refractivity contribution is 7.92. The number of sulfonamides is 2. The lowest BCUT2D eigenvalue weighted by molar-refractivity contribution is 0.102. The van der Waals surface area contributed by atoms with Crippen molar-refractivity contribution in [3.63, 3.8) is 0 Å². The molecule has 2 rings (SSSR count). The van der Waals surface area contributed by atoms with Crippen molar-refractivity contribution in [2.45, 2.75) is 45.1 Å². The number of carbonyl (C=O) groups is 1. The van der Waals surface area contributed by atoms with Crippen LogP contribution in [0, 0.1) is 6.92 Å². The summed E-state index contributed by atoms with van der Waals surface area (Å²) in [6.07, 6.45) is 0.665. The van der Waals surface area contributed by atoms with Crippen LogP contribution in [-0.4, -0.2) is 34.5 Å². The molecule has 164 valence electrons. The summed E-state index contributed by atoms with van der Waals surface area (Å²) in [6, 6.07) is 10.3. The predicted molar refractivity (Wildman–Crippen MR) is 119 cm³/mol. The van der Waals surface area contributed by atoms with Crippen LogP contribution in [0.4, 0.5) is 11.4 Å². The maximum absolute atomic E-state index is 12.5. The fraction of sp³-hybridized carbons (Fsp3) is 0.350. The third kappa shape index (κ3) is 6.28. The van der Waals surface area contributed by atoms with Gasteiger partial charge in [0.2, 0.25) is 20.0 Å². The Bertz CT molecular complexity index is 1110. The standard InChI is InChI=1S/C20H27N3O5S2/c1-5-15(4)22-30(27,28)18-10-7-16(8-11-18)20(24)21-17-9-12-19(14(3)13-17)23-29(25,26)6-2/h7-13,15,22-23H,5-6H2,1-4H3,(H,21,24). The van der Waals surface area contributed by atoms with E-state index in [1.54, 1.807) is 39.0 Å². The summed E-state index contributed by atoms with van der Waals surface area (Å²) >= 11 is 0. The minimum Gasteiger partial charge on any atom is -0.322 e. The molecule has 0 saturated heterocycles. The van der Waals surface area contributed by atoms with Crippen LogP contribution >= 0.6 is 0 Å². The summed E-state index contributed by atoms with van der Waals surface area (Å²) in [5.41, 5.74) is 1.89. The second-order valence-corrected chi connectivity index (χ2v) is 10.7. The highest BCUT2D eigenvalue weighted by atomic mass is 32.2. The third-order valence-electron chi connectivity index (χ3n) is 4.53. The van der Waals surface area contributed by atoms with E-state index in [2.05, 4.69) is 14.8 Å². The highest BCUT2D eigenvalue weighted by Gasteiger charge is 2.17. The molecule has 10 heteroatoms. The smallest absolute Gasteiger partial charge is 0.255 e. The molecule has 0 bridgehead atoms. The van der Waals surface area contributed by atoms with E-state index in [-0.39, 0.29) is 16.7 Å². The molecule has 0 aromatic heterocycles. The molecule has 1 amide bonds. The molecule has 30 heavy (non-hydrogen) atoms. The average molecular weight is 454 g/mol. The molecule has 0 fully saturated rings. The molecule has 0 aliphatic heterocycles. The van der Waals surface area contributed by atoms with Gasteiger partial charge in [0.15, 0.2) is 0 Å². The van der Waals surface area contributed by atoms with Gasteiger partial charge in [0, 0.05) is 17.3 Å². The van der Waals surface area contributed by atoms with Crippen LogP contribution < -0.4 is 14.8 Å². The molecule has 3 N–H and O–H groups in total. The molecular weight excluding hydrogens is 426 g/mol. The molecule has 2 aromatic rings. The Labute approximate surface area is 178 Å². The summed E-state index contributed by atoms with van der Waals surface area (Å²) in [6.45, 7) is 6.93. The van der Waals surface area contributed by atoms with Crippen LogP contribution in [0.15, 0.2) is 47.4 Å². The van der Waals surface area contributed by atoms with Gasteiger partial charge in [0.25, 0.3) is 5.91 Å². The van der Waals surface area contributed by atoms with Gasteiger partial charge in [-0.1, -0.05) is 6.92 Å². The first kappa shape index (κ1) is 23.8. The Kier molecular flexibility index (Phi) is 7.62. The van der Waals surface area contributed by atoms with E-state index in [9.17, 15) is 21.6 Å². The van der Waals surface area contributed by atoms with Gasteiger partial charge >= 0.3 is 0 Å². The van der Waals surface area contributed by atoms with Crippen molar-refractivity contribution in [1.82, 2.24) is 4.72 Å². The average Bonchev–Trinajstić information content (AvgIpc) is 2.69.